The van der Waals surface area contributed by atoms with Crippen molar-refractivity contribution in [2.24, 2.45) is 0 Å². The maximum absolute atomic E-state index is 10.7. The normalized spacial score (nSPS) is 15.9. The molecule has 0 bridgehead atoms. The molecule has 1 fully saturated rings. The summed E-state index contributed by atoms with van der Waals surface area (Å²) in [4.78, 5) is 16.3. The Bertz CT molecular complexity index is 380. The molecule has 82 valence electrons. The molecule has 15 heavy (non-hydrogen) atoms. The van der Waals surface area contributed by atoms with Crippen molar-refractivity contribution in [2.75, 3.05) is 0 Å². The lowest BCUT2D eigenvalue weighted by molar-refractivity contribution is -0.136. The van der Waals surface area contributed by atoms with Gasteiger partial charge in [0.25, 0.3) is 0 Å². The van der Waals surface area contributed by atoms with Gasteiger partial charge in [0.2, 0.25) is 0 Å². The first-order chi connectivity index (χ1) is 7.08. The van der Waals surface area contributed by atoms with Crippen LogP contribution in [0.15, 0.2) is 0 Å². The van der Waals surface area contributed by atoms with Crippen LogP contribution in [-0.2, 0) is 11.2 Å². The quantitative estimate of drug-likeness (QED) is 0.857. The van der Waals surface area contributed by atoms with Gasteiger partial charge in [-0.25, -0.2) is 4.98 Å². The smallest absolute Gasteiger partial charge is 0.308 e. The molecule has 3 nitrogen and oxygen atoms in total. The number of nitrogens with zero attached hydrogens (tertiary/aromatic N) is 1. The van der Waals surface area contributed by atoms with Crippen LogP contribution in [0.5, 0.6) is 0 Å². The fraction of sp³-hybridized carbons (Fsp3) is 0.636. The molecule has 1 N–H and O–H groups in total. The molecule has 2 rings (SSSR count). The number of thiazole rings is 1. The maximum atomic E-state index is 10.7. The Labute approximate surface area is 93.2 Å². The monoisotopic (exact) mass is 225 g/mol. The summed E-state index contributed by atoms with van der Waals surface area (Å²) in [6, 6.07) is 0. The van der Waals surface area contributed by atoms with Gasteiger partial charge in [-0.05, 0) is 12.8 Å². The van der Waals surface area contributed by atoms with Crippen LogP contribution in [0.4, 0.5) is 0 Å². The standard InChI is InChI=1S/C11H15NO2S/c1-6(2)11-12-10(7-3-4-7)8(15-11)5-9(13)14/h6-7H,3-5H2,1-2H3,(H,13,14). The highest BCUT2D eigenvalue weighted by atomic mass is 32.1. The second-order valence-corrected chi connectivity index (χ2v) is 5.48. The van der Waals surface area contributed by atoms with Crippen molar-refractivity contribution >= 4 is 17.3 Å². The maximum Gasteiger partial charge on any atom is 0.308 e. The fourth-order valence-electron chi connectivity index (χ4n) is 1.57. The van der Waals surface area contributed by atoms with Crippen LogP contribution in [-0.4, -0.2) is 16.1 Å². The van der Waals surface area contributed by atoms with Gasteiger partial charge in [-0.3, -0.25) is 4.79 Å². The summed E-state index contributed by atoms with van der Waals surface area (Å²) in [5, 5.41) is 9.90. The van der Waals surface area contributed by atoms with E-state index in [1.54, 1.807) is 11.3 Å². The Balaban J connectivity index is 2.28. The van der Waals surface area contributed by atoms with Gasteiger partial charge in [-0.2, -0.15) is 0 Å². The highest BCUT2D eigenvalue weighted by molar-refractivity contribution is 7.12. The third kappa shape index (κ3) is 2.37. The average Bonchev–Trinajstić information content (AvgIpc) is 2.88. The first-order valence-corrected chi connectivity index (χ1v) is 6.11. The van der Waals surface area contributed by atoms with Crippen LogP contribution >= 0.6 is 11.3 Å². The molecule has 0 amide bonds. The lowest BCUT2D eigenvalue weighted by Crippen LogP contribution is -2.00. The molecular formula is C11H15NO2S. The Morgan fingerprint density at radius 3 is 2.73 bits per heavy atom. The highest BCUT2D eigenvalue weighted by Gasteiger charge is 2.30. The van der Waals surface area contributed by atoms with Crippen molar-refractivity contribution in [1.82, 2.24) is 4.98 Å². The molecular weight excluding hydrogens is 210 g/mol. The summed E-state index contributed by atoms with van der Waals surface area (Å²) >= 11 is 1.57. The number of rotatable bonds is 4. The predicted molar refractivity (Wildman–Crippen MR) is 59.5 cm³/mol. The fourth-order valence-corrected chi connectivity index (χ4v) is 2.71. The highest BCUT2D eigenvalue weighted by Crippen LogP contribution is 2.43. The minimum Gasteiger partial charge on any atom is -0.481 e. The van der Waals surface area contributed by atoms with E-state index in [-0.39, 0.29) is 6.42 Å². The third-order valence-corrected chi connectivity index (χ3v) is 3.89. The summed E-state index contributed by atoms with van der Waals surface area (Å²) in [5.74, 6) is 0.189. The van der Waals surface area contributed by atoms with Crippen LogP contribution in [0.1, 0.15) is 54.1 Å². The van der Waals surface area contributed by atoms with Gasteiger partial charge in [0.15, 0.2) is 0 Å². The lowest BCUT2D eigenvalue weighted by atomic mass is 10.2. The first-order valence-electron chi connectivity index (χ1n) is 5.29. The molecule has 1 aromatic rings. The van der Waals surface area contributed by atoms with E-state index in [2.05, 4.69) is 18.8 Å². The van der Waals surface area contributed by atoms with Crippen molar-refractivity contribution in [1.29, 1.82) is 0 Å². The zero-order valence-electron chi connectivity index (χ0n) is 8.99. The molecule has 0 aliphatic heterocycles. The van der Waals surface area contributed by atoms with Gasteiger partial charge in [-0.1, -0.05) is 13.8 Å². The lowest BCUT2D eigenvalue weighted by Gasteiger charge is -1.95. The van der Waals surface area contributed by atoms with Gasteiger partial charge in [0, 0.05) is 16.7 Å². The van der Waals surface area contributed by atoms with E-state index in [1.165, 1.54) is 12.8 Å². The molecule has 1 aromatic heterocycles. The summed E-state index contributed by atoms with van der Waals surface area (Å²) < 4.78 is 0. The predicted octanol–water partition coefficient (Wildman–Crippen LogP) is 2.77. The average molecular weight is 225 g/mol. The number of aromatic nitrogens is 1. The molecule has 0 unspecified atom stereocenters. The summed E-state index contributed by atoms with van der Waals surface area (Å²) in [7, 11) is 0. The van der Waals surface area contributed by atoms with E-state index < -0.39 is 5.97 Å². The molecule has 0 atom stereocenters. The molecule has 1 heterocycles. The van der Waals surface area contributed by atoms with E-state index in [9.17, 15) is 4.79 Å². The minimum atomic E-state index is -0.754. The summed E-state index contributed by atoms with van der Waals surface area (Å²) in [6.45, 7) is 4.19. The molecule has 1 aliphatic carbocycles. The Morgan fingerprint density at radius 1 is 1.60 bits per heavy atom. The van der Waals surface area contributed by atoms with Crippen molar-refractivity contribution in [3.05, 3.63) is 15.6 Å². The number of carboxylic acids is 1. The molecule has 1 saturated carbocycles. The SMILES string of the molecule is CC(C)c1nc(C2CC2)c(CC(=O)O)s1. The van der Waals surface area contributed by atoms with Crippen LogP contribution in [0.3, 0.4) is 0 Å². The zero-order valence-corrected chi connectivity index (χ0v) is 9.80. The number of hydrogen-bond acceptors (Lipinski definition) is 3. The number of hydrogen-bond donors (Lipinski definition) is 1. The molecule has 1 aliphatic rings. The van der Waals surface area contributed by atoms with Gasteiger partial charge in [0.1, 0.15) is 0 Å². The number of carboxylic acid groups (broad SMARTS) is 1. The van der Waals surface area contributed by atoms with Gasteiger partial charge in [-0.15, -0.1) is 11.3 Å². The van der Waals surface area contributed by atoms with Crippen LogP contribution < -0.4 is 0 Å². The van der Waals surface area contributed by atoms with Gasteiger partial charge >= 0.3 is 5.97 Å². The Morgan fingerprint density at radius 2 is 2.27 bits per heavy atom. The van der Waals surface area contributed by atoms with Crippen molar-refractivity contribution in [3.8, 4) is 0 Å². The van der Waals surface area contributed by atoms with Crippen LogP contribution in [0.2, 0.25) is 0 Å². The van der Waals surface area contributed by atoms with Crippen molar-refractivity contribution < 1.29 is 9.90 Å². The zero-order chi connectivity index (χ0) is 11.0. The minimum absolute atomic E-state index is 0.135. The van der Waals surface area contributed by atoms with Crippen LogP contribution in [0.25, 0.3) is 0 Å². The molecule has 0 radical (unpaired) electrons. The van der Waals surface area contributed by atoms with E-state index in [0.29, 0.717) is 11.8 Å². The van der Waals surface area contributed by atoms with Gasteiger partial charge in [0.05, 0.1) is 17.1 Å². The Kier molecular flexibility index (Phi) is 2.78. The third-order valence-electron chi connectivity index (χ3n) is 2.51. The number of carbonyl (C=O) groups is 1. The molecule has 0 spiro atoms. The topological polar surface area (TPSA) is 50.2 Å². The second-order valence-electron chi connectivity index (χ2n) is 4.36. The van der Waals surface area contributed by atoms with Crippen molar-refractivity contribution in [3.63, 3.8) is 0 Å². The first kappa shape index (κ1) is 10.6. The van der Waals surface area contributed by atoms with Gasteiger partial charge < -0.3 is 5.11 Å². The summed E-state index contributed by atoms with van der Waals surface area (Å²) in [6.07, 6.45) is 2.48. The largest absolute Gasteiger partial charge is 0.481 e. The van der Waals surface area contributed by atoms with E-state index in [0.717, 1.165) is 15.6 Å². The van der Waals surface area contributed by atoms with Crippen molar-refractivity contribution in [2.45, 2.75) is 44.9 Å². The number of aliphatic carboxylic acids is 1. The molecule has 0 aromatic carbocycles. The molecule has 0 saturated heterocycles. The van der Waals surface area contributed by atoms with E-state index >= 15 is 0 Å². The van der Waals surface area contributed by atoms with E-state index in [1.807, 2.05) is 0 Å². The summed E-state index contributed by atoms with van der Waals surface area (Å²) in [5.41, 5.74) is 1.06. The molecule has 4 heteroatoms. The second kappa shape index (κ2) is 3.93. The van der Waals surface area contributed by atoms with E-state index in [4.69, 9.17) is 5.11 Å². The Hall–Kier alpha value is -0.900. The van der Waals surface area contributed by atoms with Crippen LogP contribution in [0, 0.1) is 0 Å².